The molecule has 0 aromatic carbocycles. The molecule has 3 fully saturated rings. The summed E-state index contributed by atoms with van der Waals surface area (Å²) in [5, 5.41) is 14.1. The van der Waals surface area contributed by atoms with Gasteiger partial charge in [0.25, 0.3) is 0 Å². The molecule has 1 saturated carbocycles. The fourth-order valence-corrected chi connectivity index (χ4v) is 4.79. The van der Waals surface area contributed by atoms with Crippen LogP contribution in [0.3, 0.4) is 0 Å². The van der Waals surface area contributed by atoms with Crippen molar-refractivity contribution < 1.29 is 14.6 Å². The highest BCUT2D eigenvalue weighted by Gasteiger charge is 2.56. The van der Waals surface area contributed by atoms with Crippen molar-refractivity contribution in [2.75, 3.05) is 19.6 Å². The second kappa shape index (κ2) is 7.39. The van der Waals surface area contributed by atoms with Gasteiger partial charge < -0.3 is 15.2 Å². The zero-order chi connectivity index (χ0) is 16.3. The molecule has 0 radical (unpaired) electrons. The number of nitrogens with zero attached hydrogens (tertiary/aromatic N) is 1. The van der Waals surface area contributed by atoms with E-state index in [-0.39, 0.29) is 12.1 Å². The molecule has 2 aliphatic heterocycles. The van der Waals surface area contributed by atoms with Gasteiger partial charge in [-0.05, 0) is 38.3 Å². The third kappa shape index (κ3) is 3.50. The summed E-state index contributed by atoms with van der Waals surface area (Å²) in [6.07, 6.45) is 8.87. The van der Waals surface area contributed by atoms with E-state index in [4.69, 9.17) is 4.74 Å². The number of rotatable bonds is 5. The first-order valence-corrected chi connectivity index (χ1v) is 9.54. The third-order valence-electron chi connectivity index (χ3n) is 5.98. The molecular formula is C18H32N2O3. The fraction of sp³-hybridized carbons (Fsp3) is 0.944. The van der Waals surface area contributed by atoms with Crippen LogP contribution in [0.4, 0.5) is 4.79 Å². The van der Waals surface area contributed by atoms with Gasteiger partial charge in [0.1, 0.15) is 11.6 Å². The van der Waals surface area contributed by atoms with Crippen LogP contribution in [0.2, 0.25) is 0 Å². The van der Waals surface area contributed by atoms with Crippen LogP contribution in [0.25, 0.3) is 0 Å². The van der Waals surface area contributed by atoms with Gasteiger partial charge >= 0.3 is 6.09 Å². The Bertz CT molecular complexity index is 403. The summed E-state index contributed by atoms with van der Waals surface area (Å²) in [7, 11) is 0. The lowest BCUT2D eigenvalue weighted by Crippen LogP contribution is -2.57. The highest BCUT2D eigenvalue weighted by Crippen LogP contribution is 2.41. The van der Waals surface area contributed by atoms with Gasteiger partial charge in [-0.3, -0.25) is 4.90 Å². The Morgan fingerprint density at radius 2 is 2.00 bits per heavy atom. The second-order valence-corrected chi connectivity index (χ2v) is 7.64. The van der Waals surface area contributed by atoms with Gasteiger partial charge in [-0.2, -0.15) is 0 Å². The molecule has 1 spiro atoms. The summed E-state index contributed by atoms with van der Waals surface area (Å²) in [4.78, 5) is 14.5. The lowest BCUT2D eigenvalue weighted by atomic mass is 9.80. The summed E-state index contributed by atoms with van der Waals surface area (Å²) in [5.41, 5.74) is -0.481. The standard InChI is InChI=1S/C18H32N2O3/c1-2-6-15(21)16-18(9-11-19-12-10-18)23-17(22)20(16)13-14-7-4-3-5-8-14/h14-16,19,21H,2-13H2,1H3. The molecule has 2 heterocycles. The van der Waals surface area contributed by atoms with Crippen molar-refractivity contribution in [3.8, 4) is 0 Å². The quantitative estimate of drug-likeness (QED) is 0.816. The van der Waals surface area contributed by atoms with Crippen LogP contribution in [0.5, 0.6) is 0 Å². The molecule has 2 N–H and O–H groups in total. The van der Waals surface area contributed by atoms with Crippen molar-refractivity contribution in [1.82, 2.24) is 10.2 Å². The molecule has 0 aromatic rings. The summed E-state index contributed by atoms with van der Waals surface area (Å²) in [6, 6.07) is -0.168. The van der Waals surface area contributed by atoms with Crippen LogP contribution in [-0.4, -0.2) is 53.5 Å². The number of piperidine rings is 1. The van der Waals surface area contributed by atoms with Gasteiger partial charge in [-0.1, -0.05) is 32.6 Å². The van der Waals surface area contributed by atoms with E-state index in [0.717, 1.165) is 45.3 Å². The smallest absolute Gasteiger partial charge is 0.410 e. The molecule has 23 heavy (non-hydrogen) atoms. The predicted molar refractivity (Wildman–Crippen MR) is 89.3 cm³/mol. The molecule has 1 amide bonds. The van der Waals surface area contributed by atoms with Gasteiger partial charge in [0.15, 0.2) is 0 Å². The average Bonchev–Trinajstić information content (AvgIpc) is 2.81. The number of hydrogen-bond donors (Lipinski definition) is 2. The van der Waals surface area contributed by atoms with E-state index >= 15 is 0 Å². The number of hydrogen-bond acceptors (Lipinski definition) is 4. The molecule has 5 heteroatoms. The van der Waals surface area contributed by atoms with Crippen molar-refractivity contribution in [2.45, 2.75) is 82.5 Å². The molecule has 2 atom stereocenters. The summed E-state index contributed by atoms with van der Waals surface area (Å²) in [5.74, 6) is 0.574. The fourth-order valence-electron chi connectivity index (χ4n) is 4.79. The molecule has 1 aliphatic carbocycles. The SMILES string of the molecule is CCCC(O)C1N(CC2CCCCC2)C(=O)OC12CCNCC2. The maximum Gasteiger partial charge on any atom is 0.410 e. The monoisotopic (exact) mass is 324 g/mol. The third-order valence-corrected chi connectivity index (χ3v) is 5.98. The van der Waals surface area contributed by atoms with Gasteiger partial charge in [0.05, 0.1) is 6.10 Å². The highest BCUT2D eigenvalue weighted by atomic mass is 16.6. The molecular weight excluding hydrogens is 292 g/mol. The molecule has 5 nitrogen and oxygen atoms in total. The minimum atomic E-state index is -0.481. The van der Waals surface area contributed by atoms with Crippen molar-refractivity contribution in [3.63, 3.8) is 0 Å². The van der Waals surface area contributed by atoms with Crippen molar-refractivity contribution in [2.24, 2.45) is 5.92 Å². The highest BCUT2D eigenvalue weighted by molar-refractivity contribution is 5.72. The maximum atomic E-state index is 12.6. The van der Waals surface area contributed by atoms with Crippen LogP contribution >= 0.6 is 0 Å². The van der Waals surface area contributed by atoms with Crippen molar-refractivity contribution in [3.05, 3.63) is 0 Å². The van der Waals surface area contributed by atoms with Gasteiger partial charge in [-0.15, -0.1) is 0 Å². The first-order valence-electron chi connectivity index (χ1n) is 9.54. The Morgan fingerprint density at radius 1 is 1.30 bits per heavy atom. The molecule has 2 unspecified atom stereocenters. The Kier molecular flexibility index (Phi) is 5.47. The largest absolute Gasteiger partial charge is 0.440 e. The van der Waals surface area contributed by atoms with E-state index in [1.165, 1.54) is 32.1 Å². The van der Waals surface area contributed by atoms with Crippen molar-refractivity contribution >= 4 is 6.09 Å². The Morgan fingerprint density at radius 3 is 2.65 bits per heavy atom. The summed E-state index contributed by atoms with van der Waals surface area (Å²) >= 11 is 0. The van der Waals surface area contributed by atoms with E-state index in [1.54, 1.807) is 0 Å². The predicted octanol–water partition coefficient (Wildman–Crippen LogP) is 2.67. The first-order chi connectivity index (χ1) is 11.2. The van der Waals surface area contributed by atoms with Crippen LogP contribution < -0.4 is 5.32 Å². The van der Waals surface area contributed by atoms with Gasteiger partial charge in [0.2, 0.25) is 0 Å². The lowest BCUT2D eigenvalue weighted by molar-refractivity contribution is -0.0394. The molecule has 0 bridgehead atoms. The normalized spacial score (nSPS) is 29.7. The molecule has 3 aliphatic rings. The van der Waals surface area contributed by atoms with Crippen LogP contribution in [0.1, 0.15) is 64.7 Å². The minimum absolute atomic E-state index is 0.168. The van der Waals surface area contributed by atoms with E-state index in [9.17, 15) is 9.90 Å². The van der Waals surface area contributed by atoms with Crippen molar-refractivity contribution in [1.29, 1.82) is 0 Å². The Hall–Kier alpha value is -0.810. The van der Waals surface area contributed by atoms with Gasteiger partial charge in [0, 0.05) is 19.4 Å². The Balaban J connectivity index is 1.78. The summed E-state index contributed by atoms with van der Waals surface area (Å²) < 4.78 is 5.91. The van der Waals surface area contributed by atoms with Crippen LogP contribution in [0, 0.1) is 5.92 Å². The van der Waals surface area contributed by atoms with Gasteiger partial charge in [-0.25, -0.2) is 4.79 Å². The zero-order valence-corrected chi connectivity index (χ0v) is 14.4. The minimum Gasteiger partial charge on any atom is -0.440 e. The number of carbonyl (C=O) groups excluding carboxylic acids is 1. The van der Waals surface area contributed by atoms with Crippen LogP contribution in [0.15, 0.2) is 0 Å². The number of carbonyl (C=O) groups is 1. The first kappa shape index (κ1) is 17.0. The summed E-state index contributed by atoms with van der Waals surface area (Å²) in [6.45, 7) is 4.57. The van der Waals surface area contributed by atoms with E-state index in [1.807, 2.05) is 4.90 Å². The Labute approximate surface area is 139 Å². The number of ether oxygens (including phenoxy) is 1. The van der Waals surface area contributed by atoms with E-state index in [0.29, 0.717) is 5.92 Å². The number of nitrogens with one attached hydrogen (secondary N) is 1. The number of aliphatic hydroxyl groups excluding tert-OH is 1. The maximum absolute atomic E-state index is 12.6. The molecule has 0 aromatic heterocycles. The number of aliphatic hydroxyl groups is 1. The average molecular weight is 324 g/mol. The topological polar surface area (TPSA) is 61.8 Å². The zero-order valence-electron chi connectivity index (χ0n) is 14.4. The van der Waals surface area contributed by atoms with E-state index in [2.05, 4.69) is 12.2 Å². The number of amides is 1. The molecule has 2 saturated heterocycles. The second-order valence-electron chi connectivity index (χ2n) is 7.64. The van der Waals surface area contributed by atoms with Crippen LogP contribution in [-0.2, 0) is 4.74 Å². The molecule has 3 rings (SSSR count). The van der Waals surface area contributed by atoms with E-state index < -0.39 is 11.7 Å². The lowest BCUT2D eigenvalue weighted by Gasteiger charge is -2.41. The molecule has 132 valence electrons.